The molecule has 0 atom stereocenters. The van der Waals surface area contributed by atoms with Crippen LogP contribution in [0.4, 0.5) is 5.95 Å². The minimum Gasteiger partial charge on any atom is -0.493 e. The van der Waals surface area contributed by atoms with E-state index in [0.29, 0.717) is 28.8 Å². The number of aromatic nitrogens is 4. The van der Waals surface area contributed by atoms with Crippen molar-refractivity contribution in [1.29, 1.82) is 0 Å². The first-order valence-corrected chi connectivity index (χ1v) is 11.5. The molecule has 0 spiro atoms. The van der Waals surface area contributed by atoms with Crippen molar-refractivity contribution in [2.24, 2.45) is 14.1 Å². The second kappa shape index (κ2) is 10.3. The number of ether oxygens (including phenoxy) is 4. The fraction of sp³-hybridized carbons (Fsp3) is 0.478. The Balaban J connectivity index is 1.65. The van der Waals surface area contributed by atoms with E-state index < -0.39 is 17.2 Å². The molecule has 0 saturated carbocycles. The summed E-state index contributed by atoms with van der Waals surface area (Å²) in [5, 5.41) is 2.21. The van der Waals surface area contributed by atoms with Crippen molar-refractivity contribution in [2.45, 2.75) is 6.54 Å². The van der Waals surface area contributed by atoms with Gasteiger partial charge in [-0.3, -0.25) is 13.9 Å². The van der Waals surface area contributed by atoms with E-state index in [4.69, 9.17) is 18.9 Å². The molecule has 4 rings (SSSR count). The Hall–Kier alpha value is -4.00. The molecule has 3 heterocycles. The SMILES string of the molecule is COc1cc(C(=O)OCCn2c(N3CC[NH2+]CC3)nc3c2c(=O)n(C)c(=O)n3C)cc(OC)c1OC. The molecule has 0 radical (unpaired) electrons. The second-order valence-electron chi connectivity index (χ2n) is 8.34. The van der Waals surface area contributed by atoms with Gasteiger partial charge in [0.1, 0.15) is 6.61 Å². The number of nitrogens with two attached hydrogens (primary N) is 1. The largest absolute Gasteiger partial charge is 0.493 e. The predicted octanol–water partition coefficient (Wildman–Crippen LogP) is -1.30. The third kappa shape index (κ3) is 4.37. The molecule has 13 nitrogen and oxygen atoms in total. The smallest absolute Gasteiger partial charge is 0.338 e. The number of aryl methyl sites for hydroxylation is 1. The summed E-state index contributed by atoms with van der Waals surface area (Å²) < 4.78 is 25.6. The van der Waals surface area contributed by atoms with Crippen molar-refractivity contribution in [1.82, 2.24) is 18.7 Å². The van der Waals surface area contributed by atoms with Crippen LogP contribution in [0.3, 0.4) is 0 Å². The normalized spacial score (nSPS) is 13.6. The van der Waals surface area contributed by atoms with E-state index in [2.05, 4.69) is 15.2 Å². The highest BCUT2D eigenvalue weighted by molar-refractivity contribution is 5.91. The lowest BCUT2D eigenvalue weighted by Crippen LogP contribution is -2.89. The van der Waals surface area contributed by atoms with E-state index in [1.165, 1.54) is 45.1 Å². The van der Waals surface area contributed by atoms with E-state index >= 15 is 0 Å². The number of piperazine rings is 1. The summed E-state index contributed by atoms with van der Waals surface area (Å²) in [4.78, 5) is 45.1. The Morgan fingerprint density at radius 3 is 2.22 bits per heavy atom. The fourth-order valence-electron chi connectivity index (χ4n) is 4.35. The van der Waals surface area contributed by atoms with Crippen LogP contribution in [0.2, 0.25) is 0 Å². The molecule has 1 saturated heterocycles. The summed E-state index contributed by atoms with van der Waals surface area (Å²) in [6.45, 7) is 3.40. The first-order valence-electron chi connectivity index (χ1n) is 11.5. The van der Waals surface area contributed by atoms with Crippen LogP contribution in [-0.4, -0.2) is 78.8 Å². The summed E-state index contributed by atoms with van der Waals surface area (Å²) >= 11 is 0. The Morgan fingerprint density at radius 1 is 1.00 bits per heavy atom. The van der Waals surface area contributed by atoms with E-state index in [1.807, 2.05) is 0 Å². The van der Waals surface area contributed by atoms with Crippen LogP contribution in [0.1, 0.15) is 10.4 Å². The van der Waals surface area contributed by atoms with Gasteiger partial charge in [0.05, 0.1) is 59.6 Å². The molecule has 1 aliphatic heterocycles. The number of carbonyl (C=O) groups excluding carboxylic acids is 1. The topological polar surface area (TPSA) is 136 Å². The molecule has 1 aliphatic rings. The van der Waals surface area contributed by atoms with Crippen molar-refractivity contribution < 1.29 is 29.1 Å². The maximum absolute atomic E-state index is 13.1. The minimum absolute atomic E-state index is 0.0279. The Labute approximate surface area is 206 Å². The van der Waals surface area contributed by atoms with Crippen LogP contribution < -0.4 is 35.7 Å². The summed E-state index contributed by atoms with van der Waals surface area (Å²) in [7, 11) is 7.42. The van der Waals surface area contributed by atoms with Gasteiger partial charge in [0, 0.05) is 14.1 Å². The van der Waals surface area contributed by atoms with Crippen molar-refractivity contribution in [2.75, 3.05) is 59.0 Å². The van der Waals surface area contributed by atoms with Gasteiger partial charge in [0.15, 0.2) is 22.7 Å². The van der Waals surface area contributed by atoms with Gasteiger partial charge in [-0.05, 0) is 12.1 Å². The highest BCUT2D eigenvalue weighted by atomic mass is 16.5. The molecule has 194 valence electrons. The number of benzene rings is 1. The number of fused-ring (bicyclic) bond motifs is 1. The molecule has 2 N–H and O–H groups in total. The molecule has 0 bridgehead atoms. The Morgan fingerprint density at radius 2 is 1.64 bits per heavy atom. The Kier molecular flexibility index (Phi) is 7.20. The number of hydrogen-bond donors (Lipinski definition) is 1. The molecule has 1 aromatic carbocycles. The minimum atomic E-state index is -0.590. The van der Waals surface area contributed by atoms with Crippen molar-refractivity contribution in [3.63, 3.8) is 0 Å². The van der Waals surface area contributed by atoms with E-state index in [-0.39, 0.29) is 24.2 Å². The molecule has 2 aromatic heterocycles. The number of imidazole rings is 1. The van der Waals surface area contributed by atoms with E-state index in [0.717, 1.165) is 30.7 Å². The quantitative estimate of drug-likeness (QED) is 0.372. The third-order valence-electron chi connectivity index (χ3n) is 6.27. The molecule has 0 aliphatic carbocycles. The lowest BCUT2D eigenvalue weighted by Gasteiger charge is -2.26. The number of rotatable bonds is 8. The summed E-state index contributed by atoms with van der Waals surface area (Å²) in [5.41, 5.74) is -0.0995. The van der Waals surface area contributed by atoms with Gasteiger partial charge in [0.2, 0.25) is 11.7 Å². The summed E-state index contributed by atoms with van der Waals surface area (Å²) in [6, 6.07) is 3.02. The van der Waals surface area contributed by atoms with Gasteiger partial charge in [-0.2, -0.15) is 4.98 Å². The van der Waals surface area contributed by atoms with Crippen molar-refractivity contribution >= 4 is 23.1 Å². The maximum atomic E-state index is 13.1. The van der Waals surface area contributed by atoms with Gasteiger partial charge >= 0.3 is 11.7 Å². The van der Waals surface area contributed by atoms with Gasteiger partial charge in [-0.25, -0.2) is 9.59 Å². The number of nitrogens with zero attached hydrogens (tertiary/aromatic N) is 5. The average molecular weight is 504 g/mol. The number of anilines is 1. The van der Waals surface area contributed by atoms with Crippen LogP contribution in [0.5, 0.6) is 17.2 Å². The molecule has 0 amide bonds. The van der Waals surface area contributed by atoms with Gasteiger partial charge in [-0.15, -0.1) is 0 Å². The standard InChI is InChI=1S/C23H30N6O7/c1-26-19-17(20(30)27(2)23(26)32)29(22(25-19)28-8-6-24-7-9-28)10-11-36-21(31)14-12-15(33-3)18(35-5)16(13-14)34-4/h12-13,24H,6-11H2,1-5H3/p+1. The van der Waals surface area contributed by atoms with E-state index in [1.54, 1.807) is 11.6 Å². The number of quaternary nitrogens is 1. The van der Waals surface area contributed by atoms with Crippen LogP contribution in [0, 0.1) is 0 Å². The molecule has 3 aromatic rings. The number of esters is 1. The molecule has 1 fully saturated rings. The van der Waals surface area contributed by atoms with Gasteiger partial charge in [-0.1, -0.05) is 0 Å². The summed E-state index contributed by atoms with van der Waals surface area (Å²) in [5.74, 6) is 1.01. The van der Waals surface area contributed by atoms with Crippen LogP contribution in [0.25, 0.3) is 11.2 Å². The lowest BCUT2D eigenvalue weighted by atomic mass is 10.2. The van der Waals surface area contributed by atoms with Crippen molar-refractivity contribution in [3.8, 4) is 17.2 Å². The zero-order valence-electron chi connectivity index (χ0n) is 21.1. The molecular formula is C23H31N6O7+. The van der Waals surface area contributed by atoms with Crippen LogP contribution in [-0.2, 0) is 25.4 Å². The first-order chi connectivity index (χ1) is 17.3. The highest BCUT2D eigenvalue weighted by Gasteiger charge is 2.25. The Bertz CT molecular complexity index is 1380. The average Bonchev–Trinajstić information content (AvgIpc) is 3.29. The van der Waals surface area contributed by atoms with Crippen LogP contribution >= 0.6 is 0 Å². The monoisotopic (exact) mass is 503 g/mol. The van der Waals surface area contributed by atoms with Gasteiger partial charge < -0.3 is 33.7 Å². The zero-order valence-corrected chi connectivity index (χ0v) is 21.1. The molecular weight excluding hydrogens is 472 g/mol. The van der Waals surface area contributed by atoms with Gasteiger partial charge in [0.25, 0.3) is 5.56 Å². The third-order valence-corrected chi connectivity index (χ3v) is 6.27. The second-order valence-corrected chi connectivity index (χ2v) is 8.34. The zero-order chi connectivity index (χ0) is 26.0. The first kappa shape index (κ1) is 25.1. The maximum Gasteiger partial charge on any atom is 0.338 e. The summed E-state index contributed by atoms with van der Waals surface area (Å²) in [6.07, 6.45) is 0. The highest BCUT2D eigenvalue weighted by Crippen LogP contribution is 2.38. The van der Waals surface area contributed by atoms with Crippen LogP contribution in [0.15, 0.2) is 21.7 Å². The lowest BCUT2D eigenvalue weighted by molar-refractivity contribution is -0.655. The number of carbonyl (C=O) groups is 1. The predicted molar refractivity (Wildman–Crippen MR) is 130 cm³/mol. The number of hydrogen-bond acceptors (Lipinski definition) is 9. The molecule has 0 unspecified atom stereocenters. The fourth-order valence-corrected chi connectivity index (χ4v) is 4.35. The van der Waals surface area contributed by atoms with E-state index in [9.17, 15) is 14.4 Å². The molecule has 13 heteroatoms. The number of methoxy groups -OCH3 is 3. The molecule has 36 heavy (non-hydrogen) atoms. The van der Waals surface area contributed by atoms with Crippen molar-refractivity contribution in [3.05, 3.63) is 38.5 Å².